The van der Waals surface area contributed by atoms with E-state index in [0.29, 0.717) is 13.0 Å². The SMILES string of the molecule is COC1(OC)[C@@]2(Cl)C[C@@H]3CO[C@](OC)(C2=O)[C@@]31Cl. The molecule has 0 amide bonds. The summed E-state index contributed by atoms with van der Waals surface area (Å²) in [5.41, 5.74) is 0. The van der Waals surface area contributed by atoms with E-state index in [4.69, 9.17) is 42.1 Å². The van der Waals surface area contributed by atoms with Crippen LogP contribution in [0.4, 0.5) is 0 Å². The van der Waals surface area contributed by atoms with Gasteiger partial charge in [0.05, 0.1) is 6.61 Å². The largest absolute Gasteiger partial charge is 0.350 e. The van der Waals surface area contributed by atoms with Gasteiger partial charge >= 0.3 is 0 Å². The van der Waals surface area contributed by atoms with Crippen molar-refractivity contribution in [2.75, 3.05) is 27.9 Å². The van der Waals surface area contributed by atoms with E-state index in [0.717, 1.165) is 0 Å². The van der Waals surface area contributed by atoms with Gasteiger partial charge in [-0.1, -0.05) is 0 Å². The lowest BCUT2D eigenvalue weighted by atomic mass is 9.85. The average Bonchev–Trinajstić information content (AvgIpc) is 2.74. The van der Waals surface area contributed by atoms with Crippen LogP contribution in [-0.4, -0.2) is 55.0 Å². The molecule has 102 valence electrons. The van der Waals surface area contributed by atoms with E-state index in [2.05, 4.69) is 0 Å². The molecule has 0 spiro atoms. The maximum atomic E-state index is 12.6. The van der Waals surface area contributed by atoms with Gasteiger partial charge in [-0.15, -0.1) is 23.2 Å². The van der Waals surface area contributed by atoms with Crippen molar-refractivity contribution < 1.29 is 23.7 Å². The lowest BCUT2D eigenvalue weighted by Crippen LogP contribution is -2.60. The third-order valence-corrected chi connectivity index (χ3v) is 5.96. The zero-order valence-electron chi connectivity index (χ0n) is 10.3. The molecule has 2 saturated carbocycles. The Hall–Kier alpha value is 0.0900. The number of carbonyl (C=O) groups is 1. The normalized spacial score (nSPS) is 52.3. The minimum atomic E-state index is -1.59. The van der Waals surface area contributed by atoms with Crippen LogP contribution >= 0.6 is 23.2 Å². The first kappa shape index (κ1) is 13.1. The van der Waals surface area contributed by atoms with Gasteiger partial charge in [0.25, 0.3) is 5.79 Å². The fourth-order valence-corrected chi connectivity index (χ4v) is 5.23. The van der Waals surface area contributed by atoms with Crippen LogP contribution in [0.3, 0.4) is 0 Å². The van der Waals surface area contributed by atoms with Crippen LogP contribution in [0.1, 0.15) is 6.42 Å². The molecule has 0 radical (unpaired) electrons. The Kier molecular flexibility index (Phi) is 2.47. The fourth-order valence-electron chi connectivity index (χ4n) is 3.89. The molecule has 1 heterocycles. The predicted molar refractivity (Wildman–Crippen MR) is 62.7 cm³/mol. The van der Waals surface area contributed by atoms with E-state index in [-0.39, 0.29) is 5.92 Å². The molecule has 2 bridgehead atoms. The molecule has 18 heavy (non-hydrogen) atoms. The molecule has 4 atom stereocenters. The van der Waals surface area contributed by atoms with Crippen LogP contribution in [0.5, 0.6) is 0 Å². The van der Waals surface area contributed by atoms with Crippen molar-refractivity contribution in [3.63, 3.8) is 0 Å². The predicted octanol–water partition coefficient (Wildman–Crippen LogP) is 0.906. The van der Waals surface area contributed by atoms with Crippen LogP contribution in [0.2, 0.25) is 0 Å². The minimum absolute atomic E-state index is 0.158. The van der Waals surface area contributed by atoms with Crippen molar-refractivity contribution in [1.29, 1.82) is 0 Å². The highest BCUT2D eigenvalue weighted by Gasteiger charge is 2.94. The molecule has 1 saturated heterocycles. The monoisotopic (exact) mass is 296 g/mol. The number of methoxy groups -OCH3 is 3. The summed E-state index contributed by atoms with van der Waals surface area (Å²) in [5, 5.41) is 0. The van der Waals surface area contributed by atoms with E-state index >= 15 is 0 Å². The lowest BCUT2D eigenvalue weighted by molar-refractivity contribution is -0.255. The molecule has 0 aromatic carbocycles. The average molecular weight is 297 g/mol. The van der Waals surface area contributed by atoms with Crippen LogP contribution in [0.25, 0.3) is 0 Å². The summed E-state index contributed by atoms with van der Waals surface area (Å²) in [4.78, 5) is 9.97. The molecule has 0 unspecified atom stereocenters. The number of hydrogen-bond donors (Lipinski definition) is 0. The number of Topliss-reactive ketones (excluding diaryl/α,β-unsaturated/α-hetero) is 1. The molecular weight excluding hydrogens is 283 g/mol. The van der Waals surface area contributed by atoms with Crippen LogP contribution in [0, 0.1) is 5.92 Å². The van der Waals surface area contributed by atoms with Crippen molar-refractivity contribution in [3.05, 3.63) is 0 Å². The van der Waals surface area contributed by atoms with Crippen molar-refractivity contribution >= 4 is 29.0 Å². The van der Waals surface area contributed by atoms with E-state index in [1.54, 1.807) is 0 Å². The molecule has 0 N–H and O–H groups in total. The third kappa shape index (κ3) is 0.865. The Morgan fingerprint density at radius 2 is 1.83 bits per heavy atom. The number of ether oxygens (including phenoxy) is 4. The Bertz CT molecular complexity index is 426. The van der Waals surface area contributed by atoms with Gasteiger partial charge < -0.3 is 18.9 Å². The number of carbonyl (C=O) groups excluding carboxylic acids is 1. The quantitative estimate of drug-likeness (QED) is 0.572. The summed E-state index contributed by atoms with van der Waals surface area (Å²) >= 11 is 13.2. The van der Waals surface area contributed by atoms with Crippen molar-refractivity contribution in [3.8, 4) is 0 Å². The Labute approximate surface area is 115 Å². The molecule has 1 aliphatic heterocycles. The molecular formula is C11H14Cl2O5. The highest BCUT2D eigenvalue weighted by atomic mass is 35.5. The molecule has 3 fully saturated rings. The van der Waals surface area contributed by atoms with Gasteiger partial charge in [0.1, 0.15) is 0 Å². The van der Waals surface area contributed by atoms with E-state index in [9.17, 15) is 4.79 Å². The van der Waals surface area contributed by atoms with E-state index < -0.39 is 27.1 Å². The van der Waals surface area contributed by atoms with Crippen LogP contribution in [-0.2, 0) is 23.7 Å². The van der Waals surface area contributed by atoms with Gasteiger partial charge in [0.15, 0.2) is 9.75 Å². The standard InChI is InChI=1S/C11H14Cl2O5/c1-15-10-7(14)8(12)4-6(5-18-10)9(10,13)11(8,16-2)17-3/h6H,4-5H2,1-3H3/t6-,8-,9+,10-/m1/s1. The second-order valence-electron chi connectivity index (χ2n) is 4.90. The molecule has 3 aliphatic rings. The number of rotatable bonds is 3. The van der Waals surface area contributed by atoms with Crippen molar-refractivity contribution in [2.24, 2.45) is 5.92 Å². The smallest absolute Gasteiger partial charge is 0.256 e. The summed E-state index contributed by atoms with van der Waals surface area (Å²) < 4.78 is 21.8. The van der Waals surface area contributed by atoms with E-state index in [1.165, 1.54) is 21.3 Å². The van der Waals surface area contributed by atoms with Gasteiger partial charge in [-0.25, -0.2) is 0 Å². The highest BCUT2D eigenvalue weighted by molar-refractivity contribution is 6.44. The summed E-state index contributed by atoms with van der Waals surface area (Å²) in [6.07, 6.45) is 0.351. The second kappa shape index (κ2) is 3.40. The molecule has 2 aliphatic carbocycles. The summed E-state index contributed by atoms with van der Waals surface area (Å²) in [7, 11) is 4.22. The molecule has 7 heteroatoms. The maximum absolute atomic E-state index is 12.6. The number of halogens is 2. The summed E-state index contributed by atoms with van der Waals surface area (Å²) in [5.74, 6) is -3.62. The first-order chi connectivity index (χ1) is 8.40. The van der Waals surface area contributed by atoms with Crippen LogP contribution < -0.4 is 0 Å². The number of fused-ring (bicyclic) bond motifs is 1. The highest BCUT2D eigenvalue weighted by Crippen LogP contribution is 2.73. The summed E-state index contributed by atoms with van der Waals surface area (Å²) in [6.45, 7) is 0.298. The van der Waals surface area contributed by atoms with Gasteiger partial charge in [-0.2, -0.15) is 0 Å². The lowest BCUT2D eigenvalue weighted by Gasteiger charge is -2.40. The zero-order chi connectivity index (χ0) is 13.4. The van der Waals surface area contributed by atoms with Crippen molar-refractivity contribution in [2.45, 2.75) is 27.7 Å². The fraction of sp³-hybridized carbons (Fsp3) is 0.909. The van der Waals surface area contributed by atoms with Gasteiger partial charge in [-0.05, 0) is 6.42 Å². The second-order valence-corrected chi connectivity index (χ2v) is 6.14. The molecule has 3 rings (SSSR count). The van der Waals surface area contributed by atoms with Crippen LogP contribution in [0.15, 0.2) is 0 Å². The number of alkyl halides is 2. The minimum Gasteiger partial charge on any atom is -0.350 e. The Morgan fingerprint density at radius 3 is 2.28 bits per heavy atom. The number of hydrogen-bond acceptors (Lipinski definition) is 5. The Morgan fingerprint density at radius 1 is 1.22 bits per heavy atom. The third-order valence-electron chi connectivity index (χ3n) is 4.58. The Balaban J connectivity index is 2.31. The molecule has 0 aromatic rings. The first-order valence-electron chi connectivity index (χ1n) is 5.62. The van der Waals surface area contributed by atoms with Gasteiger partial charge in [0, 0.05) is 27.2 Å². The first-order valence-corrected chi connectivity index (χ1v) is 6.38. The topological polar surface area (TPSA) is 54.0 Å². The molecule has 0 aromatic heterocycles. The maximum Gasteiger partial charge on any atom is 0.256 e. The van der Waals surface area contributed by atoms with Gasteiger partial charge in [0.2, 0.25) is 11.6 Å². The summed E-state index contributed by atoms with van der Waals surface area (Å²) in [6, 6.07) is 0. The van der Waals surface area contributed by atoms with Gasteiger partial charge in [-0.3, -0.25) is 4.79 Å². The van der Waals surface area contributed by atoms with Crippen molar-refractivity contribution in [1.82, 2.24) is 0 Å². The van der Waals surface area contributed by atoms with E-state index in [1.807, 2.05) is 0 Å². The zero-order valence-corrected chi connectivity index (χ0v) is 11.8. The number of ketones is 1. The molecule has 5 nitrogen and oxygen atoms in total.